The Bertz CT molecular complexity index is 488. The van der Waals surface area contributed by atoms with E-state index in [0.29, 0.717) is 0 Å². The van der Waals surface area contributed by atoms with Crippen molar-refractivity contribution in [3.05, 3.63) is 23.3 Å². The predicted octanol–water partition coefficient (Wildman–Crippen LogP) is 1.15. The van der Waals surface area contributed by atoms with Gasteiger partial charge >= 0.3 is 0 Å². The number of rotatable bonds is 5. The molecule has 0 saturated carbocycles. The van der Waals surface area contributed by atoms with Crippen LogP contribution in [-0.2, 0) is 11.2 Å². The summed E-state index contributed by atoms with van der Waals surface area (Å²) < 4.78 is 11.2. The average molecular weight is 264 g/mol. The lowest BCUT2D eigenvalue weighted by atomic mass is 9.99. The van der Waals surface area contributed by atoms with Gasteiger partial charge in [-0.3, -0.25) is 4.79 Å². The maximum absolute atomic E-state index is 11.1. The normalized spacial score (nSPS) is 18.6. The third-order valence-corrected chi connectivity index (χ3v) is 3.38. The number of ether oxygens (including phenoxy) is 2. The van der Waals surface area contributed by atoms with Crippen molar-refractivity contribution in [3.63, 3.8) is 0 Å². The van der Waals surface area contributed by atoms with Crippen LogP contribution in [0.2, 0.25) is 0 Å². The first-order valence-electron chi connectivity index (χ1n) is 6.38. The smallest absolute Gasteiger partial charge is 0.219 e. The highest BCUT2D eigenvalue weighted by molar-refractivity contribution is 5.75. The summed E-state index contributed by atoms with van der Waals surface area (Å²) in [5.74, 6) is 1.28. The van der Waals surface area contributed by atoms with Gasteiger partial charge in [0.25, 0.3) is 0 Å². The number of fused-ring (bicyclic) bond motifs is 1. The van der Waals surface area contributed by atoms with Crippen molar-refractivity contribution in [2.45, 2.75) is 31.9 Å². The van der Waals surface area contributed by atoms with Crippen molar-refractivity contribution in [1.82, 2.24) is 5.32 Å². The molecule has 5 nitrogen and oxygen atoms in total. The minimum atomic E-state index is -0.351. The third-order valence-electron chi connectivity index (χ3n) is 3.38. The SMILES string of the molecule is CNC(CC(N)=O)c1cc2c(cc1OC)CC(C)O2. The molecule has 0 radical (unpaired) electrons. The maximum Gasteiger partial charge on any atom is 0.219 e. The van der Waals surface area contributed by atoms with E-state index in [-0.39, 0.29) is 24.5 Å². The van der Waals surface area contributed by atoms with Gasteiger partial charge in [0.2, 0.25) is 5.91 Å². The Hall–Kier alpha value is -1.75. The van der Waals surface area contributed by atoms with Crippen LogP contribution in [0, 0.1) is 0 Å². The van der Waals surface area contributed by atoms with Crippen LogP contribution in [-0.4, -0.2) is 26.2 Å². The van der Waals surface area contributed by atoms with Gasteiger partial charge in [0.05, 0.1) is 7.11 Å². The van der Waals surface area contributed by atoms with Crippen LogP contribution in [0.1, 0.15) is 30.5 Å². The minimum Gasteiger partial charge on any atom is -0.496 e. The predicted molar refractivity (Wildman–Crippen MR) is 72.4 cm³/mol. The molecule has 1 aromatic carbocycles. The monoisotopic (exact) mass is 264 g/mol. The number of nitrogens with two attached hydrogens (primary N) is 1. The molecular formula is C14H20N2O3. The van der Waals surface area contributed by atoms with Crippen LogP contribution >= 0.6 is 0 Å². The van der Waals surface area contributed by atoms with Gasteiger partial charge in [-0.25, -0.2) is 0 Å². The second kappa shape index (κ2) is 5.48. The average Bonchev–Trinajstić information content (AvgIpc) is 2.73. The van der Waals surface area contributed by atoms with Crippen molar-refractivity contribution in [2.24, 2.45) is 5.73 Å². The molecule has 0 bridgehead atoms. The van der Waals surface area contributed by atoms with E-state index in [1.54, 1.807) is 14.2 Å². The topological polar surface area (TPSA) is 73.6 Å². The summed E-state index contributed by atoms with van der Waals surface area (Å²) in [6.45, 7) is 2.03. The van der Waals surface area contributed by atoms with Gasteiger partial charge in [-0.05, 0) is 26.1 Å². The fourth-order valence-corrected chi connectivity index (χ4v) is 2.47. The fraction of sp³-hybridized carbons (Fsp3) is 0.500. The molecule has 2 rings (SSSR count). The van der Waals surface area contributed by atoms with Crippen molar-refractivity contribution in [3.8, 4) is 11.5 Å². The van der Waals surface area contributed by atoms with Crippen LogP contribution in [0.3, 0.4) is 0 Å². The number of hydrogen-bond acceptors (Lipinski definition) is 4. The van der Waals surface area contributed by atoms with Gasteiger partial charge in [-0.2, -0.15) is 0 Å². The zero-order chi connectivity index (χ0) is 14.0. The highest BCUT2D eigenvalue weighted by Crippen LogP contribution is 2.38. The Morgan fingerprint density at radius 3 is 2.95 bits per heavy atom. The van der Waals surface area contributed by atoms with E-state index in [4.69, 9.17) is 15.2 Å². The maximum atomic E-state index is 11.1. The molecule has 1 aromatic rings. The number of amides is 1. The van der Waals surface area contributed by atoms with E-state index in [2.05, 4.69) is 5.32 Å². The summed E-state index contributed by atoms with van der Waals surface area (Å²) in [4.78, 5) is 11.1. The first-order chi connectivity index (χ1) is 9.05. The summed E-state index contributed by atoms with van der Waals surface area (Å²) in [6.07, 6.45) is 1.28. The molecule has 3 N–H and O–H groups in total. The molecule has 1 amide bonds. The molecule has 2 unspecified atom stereocenters. The van der Waals surface area contributed by atoms with E-state index in [1.165, 1.54) is 0 Å². The first-order valence-corrected chi connectivity index (χ1v) is 6.38. The molecule has 0 spiro atoms. The summed E-state index contributed by atoms with van der Waals surface area (Å²) in [5, 5.41) is 3.09. The quantitative estimate of drug-likeness (QED) is 0.837. The Morgan fingerprint density at radius 1 is 1.63 bits per heavy atom. The molecule has 1 aliphatic heterocycles. The Morgan fingerprint density at radius 2 is 2.37 bits per heavy atom. The lowest BCUT2D eigenvalue weighted by Gasteiger charge is -2.19. The number of nitrogens with one attached hydrogen (secondary N) is 1. The second-order valence-corrected chi connectivity index (χ2v) is 4.85. The molecular weight excluding hydrogens is 244 g/mol. The van der Waals surface area contributed by atoms with Crippen molar-refractivity contribution in [2.75, 3.05) is 14.2 Å². The Labute approximate surface area is 113 Å². The molecule has 0 aliphatic carbocycles. The molecule has 19 heavy (non-hydrogen) atoms. The highest BCUT2D eigenvalue weighted by Gasteiger charge is 2.25. The molecule has 1 heterocycles. The van der Waals surface area contributed by atoms with Crippen LogP contribution in [0.4, 0.5) is 0 Å². The zero-order valence-corrected chi connectivity index (χ0v) is 11.5. The minimum absolute atomic E-state index is 0.169. The second-order valence-electron chi connectivity index (χ2n) is 4.85. The highest BCUT2D eigenvalue weighted by atomic mass is 16.5. The molecule has 1 aliphatic rings. The van der Waals surface area contributed by atoms with E-state index < -0.39 is 0 Å². The van der Waals surface area contributed by atoms with E-state index in [0.717, 1.165) is 29.0 Å². The van der Waals surface area contributed by atoms with E-state index >= 15 is 0 Å². The number of primary amides is 1. The van der Waals surface area contributed by atoms with Gasteiger partial charge in [0.1, 0.15) is 17.6 Å². The Balaban J connectivity index is 2.38. The van der Waals surface area contributed by atoms with Gasteiger partial charge in [0.15, 0.2) is 0 Å². The van der Waals surface area contributed by atoms with Crippen molar-refractivity contribution in [1.29, 1.82) is 0 Å². The zero-order valence-electron chi connectivity index (χ0n) is 11.5. The van der Waals surface area contributed by atoms with Crippen molar-refractivity contribution >= 4 is 5.91 Å². The molecule has 0 saturated heterocycles. The summed E-state index contributed by atoms with van der Waals surface area (Å²) in [6, 6.07) is 3.76. The largest absolute Gasteiger partial charge is 0.496 e. The lowest BCUT2D eigenvalue weighted by Crippen LogP contribution is -2.24. The molecule has 0 fully saturated rings. The fourth-order valence-electron chi connectivity index (χ4n) is 2.47. The third kappa shape index (κ3) is 2.81. The van der Waals surface area contributed by atoms with Crippen molar-refractivity contribution < 1.29 is 14.3 Å². The number of carbonyl (C=O) groups excluding carboxylic acids is 1. The van der Waals surface area contributed by atoms with Gasteiger partial charge in [-0.1, -0.05) is 0 Å². The number of methoxy groups -OCH3 is 1. The molecule has 0 aromatic heterocycles. The first kappa shape index (κ1) is 13.7. The van der Waals surface area contributed by atoms with Crippen LogP contribution in [0.25, 0.3) is 0 Å². The van der Waals surface area contributed by atoms with Gasteiger partial charge in [0, 0.05) is 30.0 Å². The molecule has 2 atom stereocenters. The van der Waals surface area contributed by atoms with Gasteiger partial charge in [-0.15, -0.1) is 0 Å². The lowest BCUT2D eigenvalue weighted by molar-refractivity contribution is -0.118. The summed E-state index contributed by atoms with van der Waals surface area (Å²) >= 11 is 0. The molecule has 5 heteroatoms. The number of benzene rings is 1. The van der Waals surface area contributed by atoms with Crippen LogP contribution in [0.5, 0.6) is 11.5 Å². The number of carbonyl (C=O) groups is 1. The van der Waals surface area contributed by atoms with E-state index in [9.17, 15) is 4.79 Å². The summed E-state index contributed by atoms with van der Waals surface area (Å²) in [5.41, 5.74) is 7.32. The van der Waals surface area contributed by atoms with E-state index in [1.807, 2.05) is 19.1 Å². The van der Waals surface area contributed by atoms with Crippen LogP contribution in [0.15, 0.2) is 12.1 Å². The summed E-state index contributed by atoms with van der Waals surface area (Å²) in [7, 11) is 3.42. The Kier molecular flexibility index (Phi) is 3.95. The number of hydrogen-bond donors (Lipinski definition) is 2. The van der Waals surface area contributed by atoms with Crippen LogP contribution < -0.4 is 20.5 Å². The van der Waals surface area contributed by atoms with Gasteiger partial charge < -0.3 is 20.5 Å². The standard InChI is InChI=1S/C14H20N2O3/c1-8-4-9-5-13(18-3)10(6-12(9)19-8)11(16-2)7-14(15)17/h5-6,8,11,16H,4,7H2,1-3H3,(H2,15,17). The molecule has 104 valence electrons.